The molecule has 0 bridgehead atoms. The van der Waals surface area contributed by atoms with Gasteiger partial charge in [0, 0.05) is 16.7 Å². The van der Waals surface area contributed by atoms with E-state index in [1.54, 1.807) is 6.20 Å². The van der Waals surface area contributed by atoms with Gasteiger partial charge in [-0.3, -0.25) is 0 Å². The van der Waals surface area contributed by atoms with Crippen LogP contribution in [0.1, 0.15) is 0 Å². The maximum absolute atomic E-state index is 4.75. The Hall–Kier alpha value is -4.45. The second-order valence-electron chi connectivity index (χ2n) is 7.19. The Morgan fingerprint density at radius 1 is 0.581 bits per heavy atom. The highest BCUT2D eigenvalue weighted by Crippen LogP contribution is 2.37. The van der Waals surface area contributed by atoms with Crippen molar-refractivity contribution in [1.82, 2.24) is 30.0 Å². The summed E-state index contributed by atoms with van der Waals surface area (Å²) >= 11 is 0. The van der Waals surface area contributed by atoms with Crippen molar-refractivity contribution < 1.29 is 0 Å². The van der Waals surface area contributed by atoms with Gasteiger partial charge < -0.3 is 0 Å². The normalized spacial score (nSPS) is 11.2. The molecule has 0 radical (unpaired) electrons. The van der Waals surface area contributed by atoms with E-state index in [9.17, 15) is 0 Å². The lowest BCUT2D eigenvalue weighted by atomic mass is 9.97. The average Bonchev–Trinajstić information content (AvgIpc) is 3.24. The van der Waals surface area contributed by atoms with E-state index >= 15 is 0 Å². The first-order valence-electron chi connectivity index (χ1n) is 9.97. The Labute approximate surface area is 177 Å². The van der Waals surface area contributed by atoms with Crippen LogP contribution >= 0.6 is 0 Å². The molecule has 0 aliphatic carbocycles. The summed E-state index contributed by atoms with van der Waals surface area (Å²) in [4.78, 5) is 0. The highest BCUT2D eigenvalue weighted by Gasteiger charge is 2.21. The van der Waals surface area contributed by atoms with Gasteiger partial charge in [0.1, 0.15) is 5.69 Å². The van der Waals surface area contributed by atoms with Crippen LogP contribution in [0.4, 0.5) is 0 Å². The molecular formula is C25H16N6. The largest absolute Gasteiger partial charge is 0.208 e. The first-order chi connectivity index (χ1) is 15.4. The first kappa shape index (κ1) is 17.4. The van der Waals surface area contributed by atoms with Gasteiger partial charge in [0.2, 0.25) is 5.65 Å². The highest BCUT2D eigenvalue weighted by atomic mass is 15.3. The highest BCUT2D eigenvalue weighted by molar-refractivity contribution is 6.07. The number of fused-ring (bicyclic) bond motifs is 3. The molecule has 0 spiro atoms. The van der Waals surface area contributed by atoms with Gasteiger partial charge in [0.05, 0.1) is 17.3 Å². The third-order valence-corrected chi connectivity index (χ3v) is 5.31. The van der Waals surface area contributed by atoms with Crippen LogP contribution in [-0.4, -0.2) is 30.0 Å². The molecule has 31 heavy (non-hydrogen) atoms. The van der Waals surface area contributed by atoms with Crippen molar-refractivity contribution in [3.63, 3.8) is 0 Å². The predicted molar refractivity (Wildman–Crippen MR) is 120 cm³/mol. The zero-order valence-corrected chi connectivity index (χ0v) is 16.4. The minimum Gasteiger partial charge on any atom is -0.208 e. The standard InChI is InChI=1S/C25H16N6/c1-4-10-17(11-5-1)20-16-26-29-25-22-21(18-12-6-2-7-13-18)23(19-14-8-3-9-15-19)27-28-24(22)30-31(20)25/h1-16H. The van der Waals surface area contributed by atoms with Crippen LogP contribution in [0, 0.1) is 0 Å². The number of benzene rings is 3. The third-order valence-electron chi connectivity index (χ3n) is 5.31. The van der Waals surface area contributed by atoms with Crippen molar-refractivity contribution in [2.75, 3.05) is 0 Å². The van der Waals surface area contributed by atoms with Crippen molar-refractivity contribution in [2.45, 2.75) is 0 Å². The molecule has 0 fully saturated rings. The van der Waals surface area contributed by atoms with Crippen LogP contribution in [0.25, 0.3) is 50.3 Å². The number of aromatic nitrogens is 6. The van der Waals surface area contributed by atoms with Gasteiger partial charge in [-0.25, -0.2) is 4.52 Å². The van der Waals surface area contributed by atoms with E-state index < -0.39 is 0 Å². The van der Waals surface area contributed by atoms with Gasteiger partial charge in [-0.1, -0.05) is 91.0 Å². The van der Waals surface area contributed by atoms with E-state index in [1.807, 2.05) is 83.4 Å². The second-order valence-corrected chi connectivity index (χ2v) is 7.19. The monoisotopic (exact) mass is 400 g/mol. The van der Waals surface area contributed by atoms with E-state index in [0.29, 0.717) is 11.3 Å². The summed E-state index contributed by atoms with van der Waals surface area (Å²) in [7, 11) is 0. The summed E-state index contributed by atoms with van der Waals surface area (Å²) in [5.41, 5.74) is 6.81. The van der Waals surface area contributed by atoms with Gasteiger partial charge in [0.15, 0.2) is 5.65 Å². The van der Waals surface area contributed by atoms with E-state index in [4.69, 9.17) is 5.10 Å². The lowest BCUT2D eigenvalue weighted by Gasteiger charge is -2.09. The van der Waals surface area contributed by atoms with Crippen molar-refractivity contribution >= 4 is 16.7 Å². The van der Waals surface area contributed by atoms with Crippen molar-refractivity contribution in [2.24, 2.45) is 0 Å². The molecule has 0 N–H and O–H groups in total. The molecule has 6 heteroatoms. The molecular weight excluding hydrogens is 384 g/mol. The lowest BCUT2D eigenvalue weighted by Crippen LogP contribution is -1.98. The molecule has 6 nitrogen and oxygen atoms in total. The predicted octanol–water partition coefficient (Wildman–Crippen LogP) is 5.07. The van der Waals surface area contributed by atoms with Gasteiger partial charge in [-0.05, 0) is 5.56 Å². The van der Waals surface area contributed by atoms with Gasteiger partial charge in [0.25, 0.3) is 0 Å². The summed E-state index contributed by atoms with van der Waals surface area (Å²) < 4.78 is 1.81. The molecule has 0 aliphatic heterocycles. The summed E-state index contributed by atoms with van der Waals surface area (Å²) in [6, 6.07) is 30.3. The number of hydrogen-bond acceptors (Lipinski definition) is 5. The Morgan fingerprint density at radius 2 is 1.19 bits per heavy atom. The topological polar surface area (TPSA) is 68.9 Å². The smallest absolute Gasteiger partial charge is 0.206 e. The van der Waals surface area contributed by atoms with Crippen molar-refractivity contribution in [3.05, 3.63) is 97.2 Å². The minimum absolute atomic E-state index is 0.538. The molecule has 3 aromatic carbocycles. The number of nitrogens with zero attached hydrogens (tertiary/aromatic N) is 6. The van der Waals surface area contributed by atoms with Crippen LogP contribution in [0.5, 0.6) is 0 Å². The molecule has 6 rings (SSSR count). The zero-order valence-electron chi connectivity index (χ0n) is 16.4. The Bertz CT molecular complexity index is 1510. The number of rotatable bonds is 3. The SMILES string of the molecule is c1ccc(-c2nnc3nn4c(-c5ccccc5)cnnc4c3c2-c2ccccc2)cc1. The fourth-order valence-corrected chi connectivity index (χ4v) is 3.90. The van der Waals surface area contributed by atoms with Gasteiger partial charge >= 0.3 is 0 Å². The molecule has 3 aromatic heterocycles. The Balaban J connectivity index is 1.74. The van der Waals surface area contributed by atoms with Crippen LogP contribution in [0.15, 0.2) is 97.2 Å². The van der Waals surface area contributed by atoms with Crippen molar-refractivity contribution in [3.8, 4) is 33.6 Å². The fourth-order valence-electron chi connectivity index (χ4n) is 3.90. The van der Waals surface area contributed by atoms with Crippen LogP contribution in [0.2, 0.25) is 0 Å². The second kappa shape index (κ2) is 7.11. The molecule has 0 saturated heterocycles. The fraction of sp³-hybridized carbons (Fsp3) is 0. The summed E-state index contributed by atoms with van der Waals surface area (Å²) in [5, 5.41) is 23.4. The Morgan fingerprint density at radius 3 is 1.87 bits per heavy atom. The summed E-state index contributed by atoms with van der Waals surface area (Å²) in [5.74, 6) is 0. The van der Waals surface area contributed by atoms with Crippen LogP contribution in [0.3, 0.4) is 0 Å². The quantitative estimate of drug-likeness (QED) is 0.415. The van der Waals surface area contributed by atoms with E-state index in [0.717, 1.165) is 39.0 Å². The molecule has 3 heterocycles. The third kappa shape index (κ3) is 2.85. The molecule has 6 aromatic rings. The maximum atomic E-state index is 4.75. The first-order valence-corrected chi connectivity index (χ1v) is 9.97. The van der Waals surface area contributed by atoms with E-state index in [2.05, 4.69) is 32.5 Å². The minimum atomic E-state index is 0.538. The van der Waals surface area contributed by atoms with Crippen LogP contribution < -0.4 is 0 Å². The van der Waals surface area contributed by atoms with Crippen molar-refractivity contribution in [1.29, 1.82) is 0 Å². The molecule has 0 saturated carbocycles. The number of hydrogen-bond donors (Lipinski definition) is 0. The maximum Gasteiger partial charge on any atom is 0.206 e. The van der Waals surface area contributed by atoms with Crippen LogP contribution in [-0.2, 0) is 0 Å². The summed E-state index contributed by atoms with van der Waals surface area (Å²) in [6.45, 7) is 0. The molecule has 0 atom stereocenters. The molecule has 0 aliphatic rings. The molecule has 0 amide bonds. The Kier molecular flexibility index (Phi) is 3.99. The van der Waals surface area contributed by atoms with E-state index in [-0.39, 0.29) is 0 Å². The molecule has 146 valence electrons. The van der Waals surface area contributed by atoms with E-state index in [1.165, 1.54) is 0 Å². The lowest BCUT2D eigenvalue weighted by molar-refractivity contribution is 0.898. The summed E-state index contributed by atoms with van der Waals surface area (Å²) in [6.07, 6.45) is 1.72. The van der Waals surface area contributed by atoms with Gasteiger partial charge in [-0.2, -0.15) is 5.10 Å². The molecule has 0 unspecified atom stereocenters. The zero-order chi connectivity index (χ0) is 20.6. The average molecular weight is 400 g/mol. The van der Waals surface area contributed by atoms with Gasteiger partial charge in [-0.15, -0.1) is 20.4 Å².